The molecule has 2 aromatic carbocycles. The second-order valence-corrected chi connectivity index (χ2v) is 4.46. The van der Waals surface area contributed by atoms with Gasteiger partial charge in [0, 0.05) is 11.8 Å². The first-order chi connectivity index (χ1) is 9.83. The molecule has 0 atom stereocenters. The summed E-state index contributed by atoms with van der Waals surface area (Å²) in [6.45, 7) is 0.445. The molecule has 4 heteroatoms. The summed E-state index contributed by atoms with van der Waals surface area (Å²) in [4.78, 5) is 0. The number of para-hydroxylation sites is 3. The molecule has 0 saturated heterocycles. The first-order valence-electron chi connectivity index (χ1n) is 6.39. The van der Waals surface area contributed by atoms with E-state index < -0.39 is 0 Å². The Labute approximate surface area is 117 Å². The van der Waals surface area contributed by atoms with Gasteiger partial charge in [0.25, 0.3) is 0 Å². The average Bonchev–Trinajstić information content (AvgIpc) is 2.96. The lowest BCUT2D eigenvalue weighted by Crippen LogP contribution is -1.98. The van der Waals surface area contributed by atoms with Crippen LogP contribution in [0.5, 0.6) is 5.75 Å². The number of nitrogens with zero attached hydrogens (tertiary/aromatic N) is 2. The molecule has 0 amide bonds. The molecule has 2 N–H and O–H groups in total. The van der Waals surface area contributed by atoms with E-state index in [4.69, 9.17) is 10.5 Å². The largest absolute Gasteiger partial charge is 0.487 e. The summed E-state index contributed by atoms with van der Waals surface area (Å²) in [5.74, 6) is 0.694. The van der Waals surface area contributed by atoms with Gasteiger partial charge in [-0.25, -0.2) is 4.68 Å². The van der Waals surface area contributed by atoms with Crippen molar-refractivity contribution in [3.05, 3.63) is 72.6 Å². The van der Waals surface area contributed by atoms with Crippen molar-refractivity contribution in [1.29, 1.82) is 0 Å². The van der Waals surface area contributed by atoms with Crippen LogP contribution in [0.3, 0.4) is 0 Å². The zero-order valence-electron chi connectivity index (χ0n) is 10.9. The molecule has 0 spiro atoms. The summed E-state index contributed by atoms with van der Waals surface area (Å²) >= 11 is 0. The number of benzene rings is 2. The van der Waals surface area contributed by atoms with Gasteiger partial charge >= 0.3 is 0 Å². The van der Waals surface area contributed by atoms with Crippen LogP contribution in [0, 0.1) is 0 Å². The van der Waals surface area contributed by atoms with Crippen LogP contribution < -0.4 is 10.5 Å². The fourth-order valence-corrected chi connectivity index (χ4v) is 1.93. The Bertz CT molecular complexity index is 692. The second-order valence-electron chi connectivity index (χ2n) is 4.46. The number of hydrogen-bond acceptors (Lipinski definition) is 3. The molecular formula is C16H15N3O. The molecular weight excluding hydrogens is 250 g/mol. The average molecular weight is 265 g/mol. The van der Waals surface area contributed by atoms with Crippen LogP contribution in [-0.2, 0) is 6.61 Å². The van der Waals surface area contributed by atoms with E-state index in [0.29, 0.717) is 18.0 Å². The fraction of sp³-hybridized carbons (Fsp3) is 0.0625. The lowest BCUT2D eigenvalue weighted by atomic mass is 10.3. The van der Waals surface area contributed by atoms with E-state index in [1.54, 1.807) is 6.20 Å². The van der Waals surface area contributed by atoms with E-state index in [1.165, 1.54) is 0 Å². The van der Waals surface area contributed by atoms with Crippen molar-refractivity contribution in [2.75, 3.05) is 5.73 Å². The van der Waals surface area contributed by atoms with Gasteiger partial charge in [-0.3, -0.25) is 0 Å². The maximum Gasteiger partial charge on any atom is 0.142 e. The zero-order chi connectivity index (χ0) is 13.8. The highest BCUT2D eigenvalue weighted by molar-refractivity contribution is 5.51. The standard InChI is InChI=1S/C16H15N3O/c17-15-8-4-5-9-16(15)20-12-13-10-18-19(11-13)14-6-2-1-3-7-14/h1-11H,12,17H2. The highest BCUT2D eigenvalue weighted by Gasteiger charge is 2.03. The van der Waals surface area contributed by atoms with Crippen LogP contribution in [0.15, 0.2) is 67.0 Å². The highest BCUT2D eigenvalue weighted by Crippen LogP contribution is 2.21. The molecule has 20 heavy (non-hydrogen) atoms. The van der Waals surface area contributed by atoms with Crippen LogP contribution >= 0.6 is 0 Å². The summed E-state index contributed by atoms with van der Waals surface area (Å²) in [6, 6.07) is 17.4. The van der Waals surface area contributed by atoms with Gasteiger partial charge in [0.1, 0.15) is 12.4 Å². The number of hydrogen-bond donors (Lipinski definition) is 1. The van der Waals surface area contributed by atoms with E-state index >= 15 is 0 Å². The van der Waals surface area contributed by atoms with E-state index in [2.05, 4.69) is 5.10 Å². The number of rotatable bonds is 4. The van der Waals surface area contributed by atoms with Crippen molar-refractivity contribution < 1.29 is 4.74 Å². The Balaban J connectivity index is 1.71. The number of nitrogens with two attached hydrogens (primary N) is 1. The van der Waals surface area contributed by atoms with Gasteiger partial charge < -0.3 is 10.5 Å². The minimum absolute atomic E-state index is 0.445. The lowest BCUT2D eigenvalue weighted by molar-refractivity contribution is 0.308. The summed E-state index contributed by atoms with van der Waals surface area (Å²) in [5.41, 5.74) is 8.50. The summed E-state index contributed by atoms with van der Waals surface area (Å²) < 4.78 is 7.52. The molecule has 3 aromatic rings. The smallest absolute Gasteiger partial charge is 0.142 e. The number of anilines is 1. The lowest BCUT2D eigenvalue weighted by Gasteiger charge is -2.06. The van der Waals surface area contributed by atoms with Gasteiger partial charge in [-0.2, -0.15) is 5.10 Å². The Morgan fingerprint density at radius 1 is 1.00 bits per heavy atom. The Hall–Kier alpha value is -2.75. The van der Waals surface area contributed by atoms with Crippen molar-refractivity contribution in [2.24, 2.45) is 0 Å². The summed E-state index contributed by atoms with van der Waals surface area (Å²) in [5, 5.41) is 4.33. The van der Waals surface area contributed by atoms with Gasteiger partial charge in [0.15, 0.2) is 0 Å². The maximum absolute atomic E-state index is 5.84. The van der Waals surface area contributed by atoms with Gasteiger partial charge in [-0.15, -0.1) is 0 Å². The van der Waals surface area contributed by atoms with Crippen LogP contribution in [0.2, 0.25) is 0 Å². The first kappa shape index (κ1) is 12.3. The quantitative estimate of drug-likeness (QED) is 0.738. The molecule has 0 aliphatic rings. The van der Waals surface area contributed by atoms with Crippen LogP contribution in [-0.4, -0.2) is 9.78 Å². The van der Waals surface area contributed by atoms with Crippen LogP contribution in [0.4, 0.5) is 5.69 Å². The number of nitrogen functional groups attached to an aromatic ring is 1. The molecule has 0 fully saturated rings. The van der Waals surface area contributed by atoms with E-state index in [0.717, 1.165) is 11.3 Å². The Morgan fingerprint density at radius 2 is 1.75 bits per heavy atom. The molecule has 3 rings (SSSR count). The first-order valence-corrected chi connectivity index (χ1v) is 6.39. The molecule has 100 valence electrons. The van der Waals surface area contributed by atoms with Gasteiger partial charge in [0.05, 0.1) is 17.6 Å². The summed E-state index contributed by atoms with van der Waals surface area (Å²) in [7, 11) is 0. The SMILES string of the molecule is Nc1ccccc1OCc1cnn(-c2ccccc2)c1. The number of ether oxygens (including phenoxy) is 1. The molecule has 1 aromatic heterocycles. The van der Waals surface area contributed by atoms with Gasteiger partial charge in [-0.1, -0.05) is 30.3 Å². The zero-order valence-corrected chi connectivity index (χ0v) is 10.9. The Kier molecular flexibility index (Phi) is 3.37. The monoisotopic (exact) mass is 265 g/mol. The molecule has 0 unspecified atom stereocenters. The van der Waals surface area contributed by atoms with E-state index in [-0.39, 0.29) is 0 Å². The fourth-order valence-electron chi connectivity index (χ4n) is 1.93. The predicted molar refractivity (Wildman–Crippen MR) is 78.8 cm³/mol. The van der Waals surface area contributed by atoms with Crippen molar-refractivity contribution >= 4 is 5.69 Å². The molecule has 0 bridgehead atoms. The normalized spacial score (nSPS) is 10.4. The molecule has 1 heterocycles. The van der Waals surface area contributed by atoms with Crippen LogP contribution in [0.1, 0.15) is 5.56 Å². The molecule has 0 aliphatic heterocycles. The highest BCUT2D eigenvalue weighted by atomic mass is 16.5. The van der Waals surface area contributed by atoms with Gasteiger partial charge in [-0.05, 0) is 24.3 Å². The molecule has 0 radical (unpaired) electrons. The molecule has 0 saturated carbocycles. The van der Waals surface area contributed by atoms with E-state index in [9.17, 15) is 0 Å². The topological polar surface area (TPSA) is 53.1 Å². The third kappa shape index (κ3) is 2.64. The van der Waals surface area contributed by atoms with Crippen molar-refractivity contribution in [2.45, 2.75) is 6.61 Å². The molecule has 4 nitrogen and oxygen atoms in total. The van der Waals surface area contributed by atoms with Crippen molar-refractivity contribution in [3.8, 4) is 11.4 Å². The third-order valence-corrected chi connectivity index (χ3v) is 2.97. The van der Waals surface area contributed by atoms with Gasteiger partial charge in [0.2, 0.25) is 0 Å². The van der Waals surface area contributed by atoms with E-state index in [1.807, 2.05) is 65.5 Å². The minimum Gasteiger partial charge on any atom is -0.487 e. The minimum atomic E-state index is 0.445. The Morgan fingerprint density at radius 3 is 2.55 bits per heavy atom. The van der Waals surface area contributed by atoms with Crippen LogP contribution in [0.25, 0.3) is 5.69 Å². The third-order valence-electron chi connectivity index (χ3n) is 2.97. The molecule has 0 aliphatic carbocycles. The second kappa shape index (κ2) is 5.48. The maximum atomic E-state index is 5.84. The van der Waals surface area contributed by atoms with Crippen molar-refractivity contribution in [3.63, 3.8) is 0 Å². The van der Waals surface area contributed by atoms with Crippen molar-refractivity contribution in [1.82, 2.24) is 9.78 Å². The summed E-state index contributed by atoms with van der Waals surface area (Å²) in [6.07, 6.45) is 3.75. The number of aromatic nitrogens is 2. The predicted octanol–water partition coefficient (Wildman–Crippen LogP) is 3.03.